The van der Waals surface area contributed by atoms with Gasteiger partial charge in [-0.15, -0.1) is 0 Å². The summed E-state index contributed by atoms with van der Waals surface area (Å²) in [6.45, 7) is 4.58. The van der Waals surface area contributed by atoms with E-state index in [4.69, 9.17) is 0 Å². The van der Waals surface area contributed by atoms with E-state index in [1.54, 1.807) is 6.08 Å². The minimum Gasteiger partial charge on any atom is -0.211 e. The van der Waals surface area contributed by atoms with Crippen molar-refractivity contribution in [1.29, 1.82) is 0 Å². The van der Waals surface area contributed by atoms with Gasteiger partial charge in [-0.1, -0.05) is 20.3 Å². The summed E-state index contributed by atoms with van der Waals surface area (Å²) in [5.74, 6) is 1.70. The molecule has 0 bridgehead atoms. The van der Waals surface area contributed by atoms with Gasteiger partial charge < -0.3 is 0 Å². The van der Waals surface area contributed by atoms with Crippen molar-refractivity contribution < 1.29 is 4.79 Å². The average Bonchev–Trinajstić information content (AvgIpc) is 2.18. The maximum atomic E-state index is 10.1. The molecule has 0 saturated heterocycles. The molecular weight excluding hydrogens is 162 g/mol. The molecule has 0 aromatic rings. The molecule has 0 heterocycles. The molecule has 2 nitrogen and oxygen atoms in total. The first-order valence-electron chi connectivity index (χ1n) is 5.34. The van der Waals surface area contributed by atoms with Gasteiger partial charge in [0.25, 0.3) is 0 Å². The molecule has 74 valence electrons. The van der Waals surface area contributed by atoms with Crippen LogP contribution in [0.3, 0.4) is 0 Å². The quantitative estimate of drug-likeness (QED) is 0.486. The largest absolute Gasteiger partial charge is 0.235 e. The summed E-state index contributed by atoms with van der Waals surface area (Å²) in [7, 11) is 0. The molecule has 0 aliphatic heterocycles. The number of hydrogen-bond donors (Lipinski definition) is 0. The molecule has 0 N–H and O–H groups in total. The van der Waals surface area contributed by atoms with Crippen LogP contribution in [0.1, 0.15) is 46.0 Å². The summed E-state index contributed by atoms with van der Waals surface area (Å²) in [6, 6.07) is 0.276. The lowest BCUT2D eigenvalue weighted by molar-refractivity contribution is 0.242. The second-order valence-electron chi connectivity index (χ2n) is 4.17. The Kier molecular flexibility index (Phi) is 4.17. The number of aliphatic imine (C=N–C) groups is 1. The molecule has 1 aliphatic carbocycles. The number of hydrogen-bond acceptors (Lipinski definition) is 2. The van der Waals surface area contributed by atoms with Crippen molar-refractivity contribution in [3.8, 4) is 0 Å². The zero-order valence-corrected chi connectivity index (χ0v) is 8.62. The van der Waals surface area contributed by atoms with E-state index in [-0.39, 0.29) is 6.04 Å². The lowest BCUT2D eigenvalue weighted by atomic mass is 9.78. The zero-order chi connectivity index (χ0) is 9.68. The Labute approximate surface area is 80.4 Å². The highest BCUT2D eigenvalue weighted by molar-refractivity contribution is 5.33. The predicted molar refractivity (Wildman–Crippen MR) is 53.3 cm³/mol. The molecule has 1 atom stereocenters. The van der Waals surface area contributed by atoms with E-state index < -0.39 is 0 Å². The van der Waals surface area contributed by atoms with Crippen molar-refractivity contribution in [2.45, 2.75) is 52.0 Å². The Bertz CT molecular complexity index is 188. The van der Waals surface area contributed by atoms with Gasteiger partial charge >= 0.3 is 0 Å². The summed E-state index contributed by atoms with van der Waals surface area (Å²) in [5.41, 5.74) is 0. The van der Waals surface area contributed by atoms with E-state index in [0.29, 0.717) is 0 Å². The van der Waals surface area contributed by atoms with Crippen LogP contribution in [0, 0.1) is 11.8 Å². The van der Waals surface area contributed by atoms with Gasteiger partial charge in [-0.2, -0.15) is 0 Å². The normalized spacial score (nSPS) is 30.6. The van der Waals surface area contributed by atoms with E-state index in [1.165, 1.54) is 19.3 Å². The minimum absolute atomic E-state index is 0.276. The Morgan fingerprint density at radius 3 is 2.46 bits per heavy atom. The number of carbonyl (C=O) groups excluding carboxylic acids is 1. The van der Waals surface area contributed by atoms with Gasteiger partial charge in [0, 0.05) is 0 Å². The summed E-state index contributed by atoms with van der Waals surface area (Å²) in [4.78, 5) is 13.9. The third kappa shape index (κ3) is 2.96. The highest BCUT2D eigenvalue weighted by atomic mass is 16.1. The van der Waals surface area contributed by atoms with Gasteiger partial charge in [0.1, 0.15) is 0 Å². The average molecular weight is 181 g/mol. The fraction of sp³-hybridized carbons (Fsp3) is 0.909. The monoisotopic (exact) mass is 181 g/mol. The molecule has 13 heavy (non-hydrogen) atoms. The zero-order valence-electron chi connectivity index (χ0n) is 8.62. The van der Waals surface area contributed by atoms with Crippen LogP contribution in [0.2, 0.25) is 0 Å². The highest BCUT2D eigenvalue weighted by Crippen LogP contribution is 2.32. The van der Waals surface area contributed by atoms with Crippen LogP contribution in [-0.2, 0) is 4.79 Å². The van der Waals surface area contributed by atoms with Crippen LogP contribution in [-0.4, -0.2) is 12.1 Å². The van der Waals surface area contributed by atoms with E-state index in [9.17, 15) is 4.79 Å². The SMILES string of the molecule is CCC(C)C1CCC(N=C=O)CC1. The van der Waals surface area contributed by atoms with Crippen LogP contribution in [0.25, 0.3) is 0 Å². The molecule has 2 heteroatoms. The van der Waals surface area contributed by atoms with Gasteiger partial charge in [0.15, 0.2) is 0 Å². The molecule has 0 radical (unpaired) electrons. The van der Waals surface area contributed by atoms with E-state index >= 15 is 0 Å². The van der Waals surface area contributed by atoms with Gasteiger partial charge in [-0.25, -0.2) is 9.79 Å². The summed E-state index contributed by atoms with van der Waals surface area (Å²) in [5, 5.41) is 0. The standard InChI is InChI=1S/C11H19NO/c1-3-9(2)10-4-6-11(7-5-10)12-8-13/h9-11H,3-7H2,1-2H3. The van der Waals surface area contributed by atoms with Gasteiger partial charge in [-0.05, 0) is 37.5 Å². The molecule has 1 aliphatic rings. The fourth-order valence-electron chi connectivity index (χ4n) is 2.21. The summed E-state index contributed by atoms with van der Waals surface area (Å²) >= 11 is 0. The molecule has 1 saturated carbocycles. The molecule has 0 amide bonds. The van der Waals surface area contributed by atoms with Crippen LogP contribution >= 0.6 is 0 Å². The van der Waals surface area contributed by atoms with Crippen molar-refractivity contribution in [3.63, 3.8) is 0 Å². The van der Waals surface area contributed by atoms with Crippen LogP contribution in [0.15, 0.2) is 4.99 Å². The summed E-state index contributed by atoms with van der Waals surface area (Å²) < 4.78 is 0. The lowest BCUT2D eigenvalue weighted by Crippen LogP contribution is -2.21. The third-order valence-corrected chi connectivity index (χ3v) is 3.43. The fourth-order valence-corrected chi connectivity index (χ4v) is 2.21. The Balaban J connectivity index is 2.34. The molecule has 0 aromatic carbocycles. The van der Waals surface area contributed by atoms with Crippen molar-refractivity contribution in [2.24, 2.45) is 16.8 Å². The molecule has 0 aromatic heterocycles. The predicted octanol–water partition coefficient (Wildman–Crippen LogP) is 2.93. The highest BCUT2D eigenvalue weighted by Gasteiger charge is 2.23. The first kappa shape index (κ1) is 10.5. The van der Waals surface area contributed by atoms with Gasteiger partial charge in [-0.3, -0.25) is 0 Å². The van der Waals surface area contributed by atoms with E-state index in [1.807, 2.05) is 0 Å². The molecule has 0 spiro atoms. The van der Waals surface area contributed by atoms with Gasteiger partial charge in [0.2, 0.25) is 6.08 Å². The van der Waals surface area contributed by atoms with Crippen molar-refractivity contribution in [3.05, 3.63) is 0 Å². The molecule has 1 rings (SSSR count). The second-order valence-corrected chi connectivity index (χ2v) is 4.17. The summed E-state index contributed by atoms with van der Waals surface area (Å²) in [6.07, 6.45) is 7.60. The van der Waals surface area contributed by atoms with Crippen LogP contribution in [0.4, 0.5) is 0 Å². The molecule has 1 unspecified atom stereocenters. The van der Waals surface area contributed by atoms with Crippen LogP contribution in [0.5, 0.6) is 0 Å². The van der Waals surface area contributed by atoms with Crippen molar-refractivity contribution in [1.82, 2.24) is 0 Å². The maximum Gasteiger partial charge on any atom is 0.235 e. The molecule has 1 fully saturated rings. The molecular formula is C11H19NO. The first-order valence-corrected chi connectivity index (χ1v) is 5.34. The number of isocyanates is 1. The second kappa shape index (κ2) is 5.18. The Hall–Kier alpha value is -0.620. The lowest BCUT2D eigenvalue weighted by Gasteiger charge is -2.29. The minimum atomic E-state index is 0.276. The van der Waals surface area contributed by atoms with Crippen molar-refractivity contribution in [2.75, 3.05) is 0 Å². The van der Waals surface area contributed by atoms with Crippen LogP contribution < -0.4 is 0 Å². The topological polar surface area (TPSA) is 29.4 Å². The smallest absolute Gasteiger partial charge is 0.211 e. The van der Waals surface area contributed by atoms with Gasteiger partial charge in [0.05, 0.1) is 6.04 Å². The van der Waals surface area contributed by atoms with E-state index in [2.05, 4.69) is 18.8 Å². The van der Waals surface area contributed by atoms with Crippen molar-refractivity contribution >= 4 is 6.08 Å². The number of nitrogens with zero attached hydrogens (tertiary/aromatic N) is 1. The third-order valence-electron chi connectivity index (χ3n) is 3.43. The first-order chi connectivity index (χ1) is 6.27. The Morgan fingerprint density at radius 1 is 1.38 bits per heavy atom. The van der Waals surface area contributed by atoms with E-state index in [0.717, 1.165) is 24.7 Å². The number of rotatable bonds is 3. The maximum absolute atomic E-state index is 10.1. The Morgan fingerprint density at radius 2 is 2.00 bits per heavy atom.